The van der Waals surface area contributed by atoms with Gasteiger partial charge in [-0.3, -0.25) is 0 Å². The van der Waals surface area contributed by atoms with Crippen LogP contribution in [0.4, 0.5) is 0 Å². The molecular weight excluding hydrogens is 823 g/mol. The standard InChI is InChI=1S/2C20H36O4.2C4H10.Sn/c2*1-2-3-4-5-6-7-8-9-10-11-12-13-14-15-18-24-20(23)17-16-19(21)22;2*1-3-4-2;/h2*16-17H,2-15,18H2,1H3,(H,21,22);2*3-4H2,1-2H3;/b2*17-16-;;;. The molecule has 8 nitrogen and oxygen atoms in total. The van der Waals surface area contributed by atoms with Crippen LogP contribution < -0.4 is 0 Å². The number of hydrogen-bond donors (Lipinski definition) is 2. The van der Waals surface area contributed by atoms with Crippen LogP contribution >= 0.6 is 0 Å². The van der Waals surface area contributed by atoms with E-state index in [0.29, 0.717) is 13.2 Å². The van der Waals surface area contributed by atoms with Crippen LogP contribution in [0.15, 0.2) is 24.3 Å². The Morgan fingerprint density at radius 1 is 0.316 bits per heavy atom. The van der Waals surface area contributed by atoms with E-state index in [2.05, 4.69) is 41.5 Å². The molecule has 0 fully saturated rings. The average Bonchev–Trinajstić information content (AvgIpc) is 3.19. The number of aliphatic carboxylic acids is 2. The number of rotatable bonds is 36. The summed E-state index contributed by atoms with van der Waals surface area (Å²) in [5.41, 5.74) is 0. The number of esters is 2. The molecule has 0 saturated heterocycles. The molecule has 2 N–H and O–H groups in total. The summed E-state index contributed by atoms with van der Waals surface area (Å²) in [6, 6.07) is 0. The summed E-state index contributed by atoms with van der Waals surface area (Å²) in [6.07, 6.45) is 44.9. The van der Waals surface area contributed by atoms with E-state index in [1.165, 1.54) is 180 Å². The third-order valence-electron chi connectivity index (χ3n) is 9.21. The summed E-state index contributed by atoms with van der Waals surface area (Å²) in [6.45, 7) is 14.0. The minimum Gasteiger partial charge on any atom is -0.478 e. The Bertz CT molecular complexity index is 800. The number of carboxylic acids is 2. The molecule has 0 aliphatic carbocycles. The molecule has 0 aromatic heterocycles. The van der Waals surface area contributed by atoms with Crippen LogP contribution in [-0.4, -0.2) is 71.2 Å². The van der Waals surface area contributed by atoms with Crippen molar-refractivity contribution >= 4 is 47.8 Å². The molecule has 0 saturated carbocycles. The van der Waals surface area contributed by atoms with Crippen molar-refractivity contribution in [2.24, 2.45) is 0 Å². The summed E-state index contributed by atoms with van der Waals surface area (Å²) in [5, 5.41) is 16.7. The second-order valence-electron chi connectivity index (χ2n) is 14.9. The summed E-state index contributed by atoms with van der Waals surface area (Å²) in [7, 11) is 0. The Morgan fingerprint density at radius 3 is 0.684 bits per heavy atom. The second-order valence-corrected chi connectivity index (χ2v) is 14.9. The maximum absolute atomic E-state index is 11.1. The van der Waals surface area contributed by atoms with Gasteiger partial charge in [-0.15, -0.1) is 0 Å². The summed E-state index contributed by atoms with van der Waals surface area (Å²) in [5.74, 6) is -3.42. The molecule has 0 aliphatic heterocycles. The first kappa shape index (κ1) is 64.3. The SMILES string of the molecule is CCCC.CCCC.CCCCCCCCCCCCCCCCOC(=O)/C=C\C(=O)O.CCCCCCCCCCCCCCCCOC(=O)/C=C\C(=O)O.[Sn]. The fourth-order valence-electron chi connectivity index (χ4n) is 5.31. The van der Waals surface area contributed by atoms with Gasteiger partial charge in [0.2, 0.25) is 0 Å². The maximum atomic E-state index is 11.1. The zero-order chi connectivity index (χ0) is 42.6. The third-order valence-corrected chi connectivity index (χ3v) is 9.21. The van der Waals surface area contributed by atoms with Gasteiger partial charge in [0, 0.05) is 48.2 Å². The minimum atomic E-state index is -1.14. The first-order valence-corrected chi connectivity index (χ1v) is 23.3. The van der Waals surface area contributed by atoms with Gasteiger partial charge >= 0.3 is 23.9 Å². The van der Waals surface area contributed by atoms with Crippen molar-refractivity contribution in [2.75, 3.05) is 13.2 Å². The summed E-state index contributed by atoms with van der Waals surface area (Å²) in [4.78, 5) is 42.7. The number of carboxylic acid groups (broad SMARTS) is 2. The van der Waals surface area contributed by atoms with Gasteiger partial charge < -0.3 is 19.7 Å². The molecule has 57 heavy (non-hydrogen) atoms. The smallest absolute Gasteiger partial charge is 0.331 e. The second kappa shape index (κ2) is 60.8. The molecule has 0 spiro atoms. The summed E-state index contributed by atoms with van der Waals surface area (Å²) >= 11 is 0. The van der Waals surface area contributed by atoms with Crippen molar-refractivity contribution in [1.82, 2.24) is 0 Å². The number of hydrogen-bond acceptors (Lipinski definition) is 6. The van der Waals surface area contributed by atoms with Crippen LogP contribution in [0.5, 0.6) is 0 Å². The van der Waals surface area contributed by atoms with Gasteiger partial charge in [-0.05, 0) is 12.8 Å². The van der Waals surface area contributed by atoms with Gasteiger partial charge in [-0.2, -0.15) is 0 Å². The Labute approximate surface area is 369 Å². The van der Waals surface area contributed by atoms with E-state index in [1.807, 2.05) is 0 Å². The predicted molar refractivity (Wildman–Crippen MR) is 243 cm³/mol. The van der Waals surface area contributed by atoms with Gasteiger partial charge in [0.05, 0.1) is 13.2 Å². The van der Waals surface area contributed by atoms with Crippen molar-refractivity contribution in [3.8, 4) is 0 Å². The quantitative estimate of drug-likeness (QED) is 0.0275. The topological polar surface area (TPSA) is 127 Å². The molecule has 0 aliphatic rings. The van der Waals surface area contributed by atoms with Crippen molar-refractivity contribution in [3.63, 3.8) is 0 Å². The van der Waals surface area contributed by atoms with Gasteiger partial charge in [0.15, 0.2) is 0 Å². The molecule has 4 radical (unpaired) electrons. The largest absolute Gasteiger partial charge is 0.478 e. The van der Waals surface area contributed by atoms with Gasteiger partial charge in [-0.1, -0.05) is 234 Å². The zero-order valence-corrected chi connectivity index (χ0v) is 41.0. The molecule has 9 heteroatoms. The van der Waals surface area contributed by atoms with E-state index in [0.717, 1.165) is 50.0 Å². The minimum absolute atomic E-state index is 0. The molecule has 336 valence electrons. The number of carbonyl (C=O) groups is 4. The van der Waals surface area contributed by atoms with E-state index < -0.39 is 23.9 Å². The van der Waals surface area contributed by atoms with Gasteiger partial charge in [-0.25, -0.2) is 19.2 Å². The van der Waals surface area contributed by atoms with Crippen LogP contribution in [0.1, 0.15) is 247 Å². The van der Waals surface area contributed by atoms with Crippen LogP contribution in [0.3, 0.4) is 0 Å². The normalized spacial score (nSPS) is 10.4. The monoisotopic (exact) mass is 917 g/mol. The summed E-state index contributed by atoms with van der Waals surface area (Å²) < 4.78 is 9.82. The van der Waals surface area contributed by atoms with Crippen molar-refractivity contribution in [2.45, 2.75) is 247 Å². The van der Waals surface area contributed by atoms with E-state index in [-0.39, 0.29) is 23.9 Å². The van der Waals surface area contributed by atoms with E-state index >= 15 is 0 Å². The Morgan fingerprint density at radius 2 is 0.509 bits per heavy atom. The van der Waals surface area contributed by atoms with Gasteiger partial charge in [0.1, 0.15) is 0 Å². The fourth-order valence-corrected chi connectivity index (χ4v) is 5.31. The van der Waals surface area contributed by atoms with E-state index in [4.69, 9.17) is 19.7 Å². The van der Waals surface area contributed by atoms with Gasteiger partial charge in [0.25, 0.3) is 0 Å². The van der Waals surface area contributed by atoms with Crippen molar-refractivity contribution in [3.05, 3.63) is 24.3 Å². The number of ether oxygens (including phenoxy) is 2. The van der Waals surface area contributed by atoms with Crippen LogP contribution in [0.2, 0.25) is 0 Å². The molecule has 0 heterocycles. The van der Waals surface area contributed by atoms with Crippen molar-refractivity contribution < 1.29 is 38.9 Å². The van der Waals surface area contributed by atoms with Crippen molar-refractivity contribution in [1.29, 1.82) is 0 Å². The number of unbranched alkanes of at least 4 members (excludes halogenated alkanes) is 28. The first-order valence-electron chi connectivity index (χ1n) is 23.3. The predicted octanol–water partition coefficient (Wildman–Crippen LogP) is 14.5. The molecule has 0 aromatic carbocycles. The molecule has 0 aromatic rings. The number of carbonyl (C=O) groups excluding carboxylic acids is 2. The fraction of sp³-hybridized carbons (Fsp3) is 0.833. The molecule has 0 unspecified atom stereocenters. The average molecular weight is 916 g/mol. The molecule has 0 amide bonds. The van der Waals surface area contributed by atoms with Crippen LogP contribution in [0, 0.1) is 0 Å². The third kappa shape index (κ3) is 75.6. The van der Waals surface area contributed by atoms with E-state index in [1.54, 1.807) is 0 Å². The van der Waals surface area contributed by atoms with Crippen LogP contribution in [0.25, 0.3) is 0 Å². The zero-order valence-electron chi connectivity index (χ0n) is 38.2. The first-order chi connectivity index (χ1) is 27.2. The molecular formula is C48H92O8Sn. The molecule has 0 atom stereocenters. The Balaban J connectivity index is -0.000000261. The van der Waals surface area contributed by atoms with Crippen LogP contribution in [-0.2, 0) is 28.7 Å². The molecule has 0 rings (SSSR count). The molecule has 0 bridgehead atoms. The Kier molecular flexibility index (Phi) is 68.6. The maximum Gasteiger partial charge on any atom is 0.331 e. The van der Waals surface area contributed by atoms with E-state index in [9.17, 15) is 19.2 Å². The Hall–Kier alpha value is -1.84.